The molecule has 52 heavy (non-hydrogen) atoms. The average Bonchev–Trinajstić information content (AvgIpc) is 4.00. The van der Waals surface area contributed by atoms with E-state index in [9.17, 15) is 0 Å². The molecule has 276 valence electrons. The van der Waals surface area contributed by atoms with Gasteiger partial charge in [0, 0.05) is 58.5 Å². The van der Waals surface area contributed by atoms with Crippen LogP contribution >= 0.6 is 11.8 Å². The van der Waals surface area contributed by atoms with Crippen LogP contribution in [-0.4, -0.2) is 41.8 Å². The molecule has 6 aliphatic carbocycles. The number of nitrogens with one attached hydrogen (secondary N) is 1. The maximum Gasteiger partial charge on any atom is 0.115 e. The number of benzene rings is 1. The molecule has 0 radical (unpaired) electrons. The minimum absolute atomic E-state index is 0.201. The highest BCUT2D eigenvalue weighted by Gasteiger charge is 2.47. The Kier molecular flexibility index (Phi) is 8.81. The smallest absolute Gasteiger partial charge is 0.115 e. The van der Waals surface area contributed by atoms with Crippen molar-refractivity contribution in [3.8, 4) is 0 Å². The Balaban J connectivity index is 0.804. The highest BCUT2D eigenvalue weighted by atomic mass is 32.2. The van der Waals surface area contributed by atoms with Crippen LogP contribution in [0.5, 0.6) is 0 Å². The van der Waals surface area contributed by atoms with E-state index in [0.717, 1.165) is 23.0 Å². The minimum atomic E-state index is 0.201. The number of nitrogens with zero attached hydrogens (tertiary/aromatic N) is 1. The van der Waals surface area contributed by atoms with Crippen LogP contribution in [0.15, 0.2) is 72.1 Å². The second kappa shape index (κ2) is 13.8. The SMILES string of the molecule is C1=CC2OC(C3C=CC(C4CCC(N5c6ccc(C7=CC8CCCCC8S7)cc6C6CC(C7CC8=C(CCCC8)O7)C=CC65)CC4)CC3)NC2CC1. The molecule has 0 amide bonds. The predicted molar refractivity (Wildman–Crippen MR) is 214 cm³/mol. The van der Waals surface area contributed by atoms with Crippen molar-refractivity contribution in [3.05, 3.63) is 83.2 Å². The Morgan fingerprint density at radius 3 is 2.50 bits per heavy atom. The lowest BCUT2D eigenvalue weighted by atomic mass is 9.72. The third-order valence-corrected chi connectivity index (χ3v) is 17.1. The van der Waals surface area contributed by atoms with Crippen LogP contribution in [0.2, 0.25) is 0 Å². The lowest BCUT2D eigenvalue weighted by molar-refractivity contribution is 0.0277. The lowest BCUT2D eigenvalue weighted by Crippen LogP contribution is -2.45. The van der Waals surface area contributed by atoms with E-state index in [2.05, 4.69) is 82.7 Å². The van der Waals surface area contributed by atoms with Crippen LogP contribution in [0.1, 0.15) is 133 Å². The van der Waals surface area contributed by atoms with E-state index in [4.69, 9.17) is 9.47 Å². The summed E-state index contributed by atoms with van der Waals surface area (Å²) >= 11 is 2.20. The lowest BCUT2D eigenvalue weighted by Gasteiger charge is -2.43. The number of ether oxygens (including phenoxy) is 2. The third-order valence-electron chi connectivity index (χ3n) is 15.6. The van der Waals surface area contributed by atoms with Gasteiger partial charge in [0.05, 0.1) is 17.9 Å². The molecule has 0 bridgehead atoms. The van der Waals surface area contributed by atoms with Crippen LogP contribution in [0, 0.1) is 29.6 Å². The van der Waals surface area contributed by atoms with E-state index in [1.807, 2.05) is 0 Å². The summed E-state index contributed by atoms with van der Waals surface area (Å²) in [4.78, 5) is 4.51. The summed E-state index contributed by atoms with van der Waals surface area (Å²) in [5.41, 5.74) is 6.34. The van der Waals surface area contributed by atoms with Crippen molar-refractivity contribution in [2.45, 2.75) is 163 Å². The molecule has 11 atom stereocenters. The van der Waals surface area contributed by atoms with Crippen molar-refractivity contribution in [2.24, 2.45) is 29.6 Å². The molecule has 0 aromatic heterocycles. The van der Waals surface area contributed by atoms with Crippen LogP contribution in [0.25, 0.3) is 4.91 Å². The fourth-order valence-corrected chi connectivity index (χ4v) is 14.2. The molecule has 1 aromatic rings. The Labute approximate surface area is 317 Å². The summed E-state index contributed by atoms with van der Waals surface area (Å²) in [6, 6.07) is 9.38. The highest BCUT2D eigenvalue weighted by Crippen LogP contribution is 2.55. The largest absolute Gasteiger partial charge is 0.494 e. The normalized spacial score (nSPS) is 43.4. The first-order chi connectivity index (χ1) is 25.7. The molecule has 1 aromatic carbocycles. The Bertz CT molecular complexity index is 1670. The van der Waals surface area contributed by atoms with E-state index in [1.54, 1.807) is 21.7 Å². The molecule has 2 saturated carbocycles. The van der Waals surface area contributed by atoms with Gasteiger partial charge in [-0.15, -0.1) is 11.8 Å². The Morgan fingerprint density at radius 1 is 0.769 bits per heavy atom. The van der Waals surface area contributed by atoms with E-state index in [1.165, 1.54) is 127 Å². The van der Waals surface area contributed by atoms with Gasteiger partial charge in [0.15, 0.2) is 0 Å². The van der Waals surface area contributed by atoms with Crippen LogP contribution in [0.3, 0.4) is 0 Å². The summed E-state index contributed by atoms with van der Waals surface area (Å²) < 4.78 is 13.2. The molecule has 4 heterocycles. The highest BCUT2D eigenvalue weighted by molar-refractivity contribution is 8.09. The zero-order chi connectivity index (χ0) is 34.2. The van der Waals surface area contributed by atoms with E-state index in [-0.39, 0.29) is 12.3 Å². The fourth-order valence-electron chi connectivity index (χ4n) is 12.7. The molecule has 1 N–H and O–H groups in total. The summed E-state index contributed by atoms with van der Waals surface area (Å²) in [5.74, 6) is 5.35. The van der Waals surface area contributed by atoms with Crippen molar-refractivity contribution in [1.82, 2.24) is 5.32 Å². The van der Waals surface area contributed by atoms with Gasteiger partial charge < -0.3 is 14.4 Å². The van der Waals surface area contributed by atoms with E-state index in [0.29, 0.717) is 42.0 Å². The van der Waals surface area contributed by atoms with Gasteiger partial charge in [0.25, 0.3) is 0 Å². The molecule has 11 unspecified atom stereocenters. The molecule has 10 aliphatic rings. The van der Waals surface area contributed by atoms with Gasteiger partial charge >= 0.3 is 0 Å². The first-order valence-electron chi connectivity index (χ1n) is 21.9. The molecule has 4 nitrogen and oxygen atoms in total. The molecule has 3 fully saturated rings. The molecule has 11 rings (SSSR count). The topological polar surface area (TPSA) is 33.7 Å². The predicted octanol–water partition coefficient (Wildman–Crippen LogP) is 11.0. The fraction of sp³-hybridized carbons (Fsp3) is 0.660. The van der Waals surface area contributed by atoms with Crippen LogP contribution < -0.4 is 10.2 Å². The number of fused-ring (bicyclic) bond motifs is 5. The second-order valence-corrected chi connectivity index (χ2v) is 19.7. The monoisotopic (exact) mass is 716 g/mol. The summed E-state index contributed by atoms with van der Waals surface area (Å²) in [6.45, 7) is 0. The van der Waals surface area contributed by atoms with Gasteiger partial charge in [0.1, 0.15) is 12.3 Å². The van der Waals surface area contributed by atoms with Crippen molar-refractivity contribution in [1.29, 1.82) is 0 Å². The molecular formula is C47H60N2O2S. The van der Waals surface area contributed by atoms with Crippen molar-refractivity contribution >= 4 is 22.4 Å². The van der Waals surface area contributed by atoms with Gasteiger partial charge in [-0.25, -0.2) is 0 Å². The molecule has 1 saturated heterocycles. The minimum Gasteiger partial charge on any atom is -0.494 e. The van der Waals surface area contributed by atoms with Gasteiger partial charge in [-0.2, -0.15) is 0 Å². The van der Waals surface area contributed by atoms with Gasteiger partial charge in [0.2, 0.25) is 0 Å². The van der Waals surface area contributed by atoms with Gasteiger partial charge in [-0.05, 0) is 136 Å². The van der Waals surface area contributed by atoms with Gasteiger partial charge in [-0.1, -0.05) is 61.4 Å². The number of allylic oxidation sites excluding steroid dienone is 4. The summed E-state index contributed by atoms with van der Waals surface area (Å²) in [7, 11) is 0. The maximum absolute atomic E-state index is 6.75. The quantitative estimate of drug-likeness (QED) is 0.307. The molecular weight excluding hydrogens is 657 g/mol. The number of anilines is 1. The Hall–Kier alpha value is -2.21. The number of hydrogen-bond acceptors (Lipinski definition) is 5. The molecule has 0 spiro atoms. The van der Waals surface area contributed by atoms with Crippen molar-refractivity contribution < 1.29 is 9.47 Å². The summed E-state index contributed by atoms with van der Waals surface area (Å²) in [6.07, 6.45) is 42.0. The zero-order valence-corrected chi connectivity index (χ0v) is 32.0. The maximum atomic E-state index is 6.75. The van der Waals surface area contributed by atoms with E-state index >= 15 is 0 Å². The van der Waals surface area contributed by atoms with Crippen LogP contribution in [-0.2, 0) is 9.47 Å². The zero-order valence-electron chi connectivity index (χ0n) is 31.2. The second-order valence-electron chi connectivity index (χ2n) is 18.5. The Morgan fingerprint density at radius 2 is 1.63 bits per heavy atom. The number of rotatable bonds is 5. The first-order valence-corrected chi connectivity index (χ1v) is 22.7. The summed E-state index contributed by atoms with van der Waals surface area (Å²) in [5, 5.41) is 4.65. The van der Waals surface area contributed by atoms with Crippen molar-refractivity contribution in [3.63, 3.8) is 0 Å². The van der Waals surface area contributed by atoms with Crippen molar-refractivity contribution in [2.75, 3.05) is 4.90 Å². The molecule has 5 heteroatoms. The standard InChI is InChI=1S/C47H60N2O2S/c1-4-10-42-32(7-1)27-44(50-42)33-19-23-40-37(25-33)38-26-35(46-28-34-8-2-6-12-45(34)52-46)20-24-41(38)49(40)36-21-17-30(18-22-36)29-13-15-31(16-14-29)47-48-39-9-3-5-11-43(39)51-47/h5,11,13,15,19-20,23-24,26,28-31,33-34,36-37,39-40,43-45,47-48H,1-4,6-10,12,14,16-18,21-22,25,27H2. The number of thioether (sulfide) groups is 1. The third kappa shape index (κ3) is 5.93. The molecule has 4 aliphatic heterocycles. The first kappa shape index (κ1) is 33.2. The van der Waals surface area contributed by atoms with Gasteiger partial charge in [-0.3, -0.25) is 5.32 Å². The van der Waals surface area contributed by atoms with Crippen LogP contribution in [0.4, 0.5) is 5.69 Å². The number of hydrogen-bond donors (Lipinski definition) is 1. The van der Waals surface area contributed by atoms with E-state index < -0.39 is 0 Å². The average molecular weight is 717 g/mol.